The number of allylic oxidation sites excluding steroid dienone is 3. The number of aromatic hydroxyl groups is 1. The van der Waals surface area contributed by atoms with Crippen LogP contribution in [0, 0.1) is 5.92 Å². The van der Waals surface area contributed by atoms with Crippen LogP contribution in [0.15, 0.2) is 35.9 Å². The van der Waals surface area contributed by atoms with Gasteiger partial charge in [0.25, 0.3) is 0 Å². The van der Waals surface area contributed by atoms with Crippen LogP contribution >= 0.6 is 44.1 Å². The third kappa shape index (κ3) is 14.2. The first kappa shape index (κ1) is 34.2. The molecule has 1 aromatic rings. The van der Waals surface area contributed by atoms with E-state index in [9.17, 15) is 5.11 Å². The maximum Gasteiger partial charge on any atom is 0.357 e. The van der Waals surface area contributed by atoms with Crippen molar-refractivity contribution in [1.29, 1.82) is 0 Å². The van der Waals surface area contributed by atoms with E-state index in [1.807, 2.05) is 12.1 Å². The Morgan fingerprint density at radius 1 is 1.24 bits per heavy atom. The van der Waals surface area contributed by atoms with E-state index >= 15 is 0 Å². The van der Waals surface area contributed by atoms with Crippen LogP contribution in [0.1, 0.15) is 84.1 Å². The number of aliphatic hydroxyl groups excluding tert-OH is 1. The summed E-state index contributed by atoms with van der Waals surface area (Å²) in [6.45, 7) is 11.4. The highest BCUT2D eigenvalue weighted by Crippen LogP contribution is 2.47. The van der Waals surface area contributed by atoms with Crippen molar-refractivity contribution in [2.24, 2.45) is 5.92 Å². The summed E-state index contributed by atoms with van der Waals surface area (Å²) in [4.78, 5) is 0. The molecule has 0 aliphatic heterocycles. The third-order valence-electron chi connectivity index (χ3n) is 5.95. The lowest BCUT2D eigenvalue weighted by Crippen LogP contribution is -2.19. The zero-order chi connectivity index (χ0) is 28.9. The lowest BCUT2D eigenvalue weighted by atomic mass is 9.73. The summed E-state index contributed by atoms with van der Waals surface area (Å²) in [6, 6.07) is 3.91. The molecule has 37 heavy (non-hydrogen) atoms. The largest absolute Gasteiger partial charge is 0.507 e. The van der Waals surface area contributed by atoms with Crippen molar-refractivity contribution in [2.45, 2.75) is 84.9 Å². The van der Waals surface area contributed by atoms with Gasteiger partial charge in [-0.05, 0) is 76.0 Å². The minimum absolute atomic E-state index is 0. The molecule has 0 aromatic heterocycles. The summed E-state index contributed by atoms with van der Waals surface area (Å²) in [5, 5.41) is 21.0. The summed E-state index contributed by atoms with van der Waals surface area (Å²) >= 11 is 11.9. The van der Waals surface area contributed by atoms with Gasteiger partial charge in [0.2, 0.25) is 0 Å². The number of hydrogen-bond donors (Lipinski definition) is 2. The Morgan fingerprint density at radius 2 is 1.92 bits per heavy atom. The molecule has 0 spiro atoms. The molecule has 0 bridgehead atoms. The van der Waals surface area contributed by atoms with E-state index in [1.54, 1.807) is 0 Å². The molecule has 208 valence electrons. The topological polar surface area (TPSA) is 58.9 Å². The number of phenols is 1. The summed E-state index contributed by atoms with van der Waals surface area (Å²) in [6.07, 6.45) is 10.3. The van der Waals surface area contributed by atoms with Gasteiger partial charge in [0.05, 0.1) is 14.5 Å². The Balaban J connectivity index is 0.00000150. The highest BCUT2D eigenvalue weighted by molar-refractivity contribution is 9.09. The van der Waals surface area contributed by atoms with Crippen LogP contribution in [0.4, 0.5) is 0 Å². The second kappa shape index (κ2) is 22.0. The molecular weight excluding hydrogens is 615 g/mol. The van der Waals surface area contributed by atoms with E-state index in [0.29, 0.717) is 19.0 Å². The summed E-state index contributed by atoms with van der Waals surface area (Å²) in [7, 11) is 4.51. The number of halogens is 2. The number of benzene rings is 1. The highest BCUT2D eigenvalue weighted by atomic mass is 79.9. The summed E-state index contributed by atoms with van der Waals surface area (Å²) in [5.41, 5.74) is 4.29. The molecule has 0 amide bonds. The van der Waals surface area contributed by atoms with Crippen LogP contribution in [-0.4, -0.2) is 47.2 Å². The van der Waals surface area contributed by atoms with Gasteiger partial charge in [0, 0.05) is 42.3 Å². The van der Waals surface area contributed by atoms with E-state index in [4.69, 9.17) is 28.2 Å². The van der Waals surface area contributed by atoms with Crippen LogP contribution in [0.25, 0.3) is 0 Å². The van der Waals surface area contributed by atoms with Gasteiger partial charge in [0.1, 0.15) is 11.5 Å². The number of aliphatic hydroxyl groups is 1. The van der Waals surface area contributed by atoms with Crippen LogP contribution in [0.2, 0.25) is 6.80 Å². The monoisotopic (exact) mass is 659 g/mol. The molecule has 8 heteroatoms. The molecule has 1 aliphatic rings. The van der Waals surface area contributed by atoms with Crippen molar-refractivity contribution in [1.82, 2.24) is 0 Å². The minimum atomic E-state index is 0. The van der Waals surface area contributed by atoms with E-state index in [1.165, 1.54) is 5.57 Å². The first-order valence-corrected chi connectivity index (χ1v) is 15.6. The van der Waals surface area contributed by atoms with Crippen molar-refractivity contribution >= 4 is 57.2 Å². The van der Waals surface area contributed by atoms with Gasteiger partial charge in [-0.25, -0.2) is 0 Å². The maximum atomic E-state index is 11.1. The van der Waals surface area contributed by atoms with Crippen molar-refractivity contribution in [3.05, 3.63) is 47.1 Å². The molecule has 0 saturated carbocycles. The lowest BCUT2D eigenvalue weighted by molar-refractivity contribution is 0.247. The standard InChI is InChI=1S/C25H35BrO3S.C3H7BrO.CH3B/c1-5-6-7-9-19-15-22(27)24(21-14-18(4)10-11-20(21)17(2)3)23(16-19)29-25(30)28-13-8-12-26;4-2-1-3-5;1-2/h14-16,20-21,27H,2,5-13H2,1,3-4H3;5H,1-3H2;1H3/t20-,21+;;/m0../s1/i;;1D. The first-order chi connectivity index (χ1) is 18.2. The van der Waals surface area contributed by atoms with Crippen LogP contribution in [0.5, 0.6) is 11.5 Å². The minimum Gasteiger partial charge on any atom is -0.507 e. The summed E-state index contributed by atoms with van der Waals surface area (Å²) < 4.78 is 17.6. The van der Waals surface area contributed by atoms with E-state index in [0.717, 1.165) is 78.7 Å². The van der Waals surface area contributed by atoms with E-state index in [-0.39, 0.29) is 29.6 Å². The van der Waals surface area contributed by atoms with Crippen molar-refractivity contribution in [3.8, 4) is 11.5 Å². The number of alkyl halides is 2. The normalized spacial score (nSPS) is 16.7. The fourth-order valence-corrected chi connectivity index (χ4v) is 4.76. The Labute approximate surface area is 250 Å². The van der Waals surface area contributed by atoms with Gasteiger partial charge in [-0.2, -0.15) is 0 Å². The predicted molar refractivity (Wildman–Crippen MR) is 170 cm³/mol. The molecule has 2 N–H and O–H groups in total. The molecule has 2 radical (unpaired) electrons. The van der Waals surface area contributed by atoms with Gasteiger partial charge in [-0.3, -0.25) is 0 Å². The van der Waals surface area contributed by atoms with Crippen molar-refractivity contribution in [3.63, 3.8) is 0 Å². The van der Waals surface area contributed by atoms with Crippen LogP contribution < -0.4 is 4.74 Å². The van der Waals surface area contributed by atoms with E-state index < -0.39 is 0 Å². The Kier molecular flexibility index (Phi) is 20.4. The smallest absolute Gasteiger partial charge is 0.357 e. The zero-order valence-corrected chi connectivity index (χ0v) is 26.7. The van der Waals surface area contributed by atoms with Gasteiger partial charge >= 0.3 is 5.24 Å². The molecule has 0 heterocycles. The lowest BCUT2D eigenvalue weighted by Gasteiger charge is -2.32. The van der Waals surface area contributed by atoms with Crippen LogP contribution in [0.3, 0.4) is 0 Å². The molecule has 1 aliphatic carbocycles. The average molecular weight is 661 g/mol. The fraction of sp³-hybridized carbons (Fsp3) is 0.621. The molecule has 2 rings (SSSR count). The number of unbranched alkanes of at least 4 members (excludes halogenated alkanes) is 2. The molecule has 0 unspecified atom stereocenters. The second-order valence-electron chi connectivity index (χ2n) is 9.02. The Hall–Kier alpha value is -0.825. The van der Waals surface area contributed by atoms with Crippen LogP contribution in [-0.2, 0) is 11.2 Å². The Bertz CT molecular complexity index is 852. The number of aryl methyl sites for hydroxylation is 1. The Morgan fingerprint density at radius 3 is 2.46 bits per heavy atom. The van der Waals surface area contributed by atoms with Gasteiger partial charge in [-0.15, -0.1) is 0 Å². The summed E-state index contributed by atoms with van der Waals surface area (Å²) in [5.74, 6) is 1.15. The van der Waals surface area contributed by atoms with E-state index in [2.05, 4.69) is 73.1 Å². The molecule has 0 fully saturated rings. The fourth-order valence-electron chi connectivity index (χ4n) is 4.11. The maximum absolute atomic E-state index is 11.1. The SMILES string of the molecule is C=C(C)[C@@H]1CCC(C)=C[C@H]1c1c(O)cc(CCCCC)cc1OC(=S)OCCCBr.OCCCBr.[2H]C[B]. The number of ether oxygens (including phenoxy) is 2. The molecule has 4 nitrogen and oxygen atoms in total. The first-order valence-electron chi connectivity index (χ1n) is 13.7. The number of thiocarbonyl (C=S) groups is 1. The second-order valence-corrected chi connectivity index (χ2v) is 10.9. The van der Waals surface area contributed by atoms with Crippen molar-refractivity contribution in [2.75, 3.05) is 23.9 Å². The van der Waals surface area contributed by atoms with Gasteiger partial charge in [-0.1, -0.05) is 82.2 Å². The molecule has 2 atom stereocenters. The average Bonchev–Trinajstić information content (AvgIpc) is 2.85. The molecule has 1 aromatic carbocycles. The van der Waals surface area contributed by atoms with Gasteiger partial charge in [0.15, 0.2) is 0 Å². The van der Waals surface area contributed by atoms with Gasteiger partial charge < -0.3 is 19.7 Å². The zero-order valence-electron chi connectivity index (χ0n) is 23.7. The third-order valence-corrected chi connectivity index (χ3v) is 7.27. The molecule has 0 saturated heterocycles. The number of phenolic OH excluding ortho intramolecular Hbond substituents is 1. The molecular formula is C29H45BBr2O4S. The quantitative estimate of drug-likeness (QED) is 0.0773. The number of hydrogen-bond acceptors (Lipinski definition) is 5. The number of rotatable bonds is 12. The highest BCUT2D eigenvalue weighted by Gasteiger charge is 2.31. The van der Waals surface area contributed by atoms with Crippen molar-refractivity contribution < 1.29 is 21.1 Å². The predicted octanol–water partition coefficient (Wildman–Crippen LogP) is 8.57.